The Labute approximate surface area is 372 Å². The Hall–Kier alpha value is -7.11. The highest BCUT2D eigenvalue weighted by molar-refractivity contribution is 6.10. The van der Waals surface area contributed by atoms with E-state index in [4.69, 9.17) is 16.6 Å². The SMILES string of the molecule is [2H]c1c([2H])c([2H])c(-c2cnc(-n3c4ccc(-c5ccccc5)cc4c4ccc(Oc5cccc(N6CN(c7cc(C(C)(C)C)cc(C(C)(C)C)c7)c7ccccc76)c5)cc43)cc2C)c([2H])c1[2H]. The van der Waals surface area contributed by atoms with Gasteiger partial charge in [0.05, 0.1) is 29.3 Å². The first kappa shape index (κ1) is 33.6. The predicted molar refractivity (Wildman–Crippen MR) is 260 cm³/mol. The van der Waals surface area contributed by atoms with Gasteiger partial charge in [0.25, 0.3) is 0 Å². The molecule has 0 bridgehead atoms. The number of ether oxygens (including phenoxy) is 1. The molecule has 0 atom stereocenters. The van der Waals surface area contributed by atoms with Gasteiger partial charge in [0.1, 0.15) is 24.0 Å². The van der Waals surface area contributed by atoms with Crippen LogP contribution in [-0.4, -0.2) is 16.2 Å². The quantitative estimate of drug-likeness (QED) is 0.160. The Balaban J connectivity index is 1.04. The first-order valence-corrected chi connectivity index (χ1v) is 21.2. The lowest BCUT2D eigenvalue weighted by Crippen LogP contribution is -2.25. The molecular weight excluding hydrogens is 757 g/mol. The monoisotopic (exact) mass is 813 g/mol. The number of pyridine rings is 1. The van der Waals surface area contributed by atoms with E-state index in [1.165, 1.54) is 16.8 Å². The fraction of sp³-hybridized carbons (Fsp3) is 0.175. The van der Waals surface area contributed by atoms with Gasteiger partial charge in [-0.1, -0.05) is 132 Å². The molecule has 0 unspecified atom stereocenters. The Bertz CT molecular complexity index is 3360. The van der Waals surface area contributed by atoms with E-state index in [0.717, 1.165) is 55.6 Å². The highest BCUT2D eigenvalue weighted by atomic mass is 16.5. The van der Waals surface area contributed by atoms with Crippen LogP contribution in [0, 0.1) is 6.92 Å². The van der Waals surface area contributed by atoms with Gasteiger partial charge in [0, 0.05) is 46.0 Å². The van der Waals surface area contributed by atoms with Gasteiger partial charge in [0.2, 0.25) is 0 Å². The Morgan fingerprint density at radius 1 is 0.548 bits per heavy atom. The van der Waals surface area contributed by atoms with Crippen molar-refractivity contribution in [2.24, 2.45) is 0 Å². The number of benzene rings is 7. The second kappa shape index (κ2) is 15.1. The van der Waals surface area contributed by atoms with Crippen molar-refractivity contribution in [1.82, 2.24) is 9.55 Å². The number of anilines is 4. The van der Waals surface area contributed by atoms with Crippen molar-refractivity contribution in [2.75, 3.05) is 16.5 Å². The van der Waals surface area contributed by atoms with Gasteiger partial charge in [-0.15, -0.1) is 0 Å². The van der Waals surface area contributed by atoms with Crippen molar-refractivity contribution in [3.63, 3.8) is 0 Å². The van der Waals surface area contributed by atoms with Gasteiger partial charge in [-0.25, -0.2) is 4.98 Å². The van der Waals surface area contributed by atoms with Crippen molar-refractivity contribution in [2.45, 2.75) is 59.3 Å². The van der Waals surface area contributed by atoms with E-state index >= 15 is 0 Å². The molecule has 0 N–H and O–H groups in total. The van der Waals surface area contributed by atoms with E-state index in [1.807, 2.05) is 55.5 Å². The summed E-state index contributed by atoms with van der Waals surface area (Å²) in [6.45, 7) is 16.2. The Morgan fingerprint density at radius 2 is 1.23 bits per heavy atom. The molecule has 62 heavy (non-hydrogen) atoms. The van der Waals surface area contributed by atoms with Crippen LogP contribution in [0.2, 0.25) is 0 Å². The van der Waals surface area contributed by atoms with Crippen molar-refractivity contribution in [1.29, 1.82) is 0 Å². The summed E-state index contributed by atoms with van der Waals surface area (Å²) in [7, 11) is 0. The zero-order valence-corrected chi connectivity index (χ0v) is 36.3. The highest BCUT2D eigenvalue weighted by Gasteiger charge is 2.30. The van der Waals surface area contributed by atoms with Crippen LogP contribution in [-0.2, 0) is 10.8 Å². The smallest absolute Gasteiger partial charge is 0.137 e. The van der Waals surface area contributed by atoms with Crippen LogP contribution >= 0.6 is 0 Å². The summed E-state index contributed by atoms with van der Waals surface area (Å²) in [5.74, 6) is 1.98. The van der Waals surface area contributed by atoms with E-state index in [9.17, 15) is 0 Å². The number of aromatic nitrogens is 2. The van der Waals surface area contributed by atoms with Gasteiger partial charge in [-0.2, -0.15) is 0 Å². The molecule has 0 spiro atoms. The van der Waals surface area contributed by atoms with Gasteiger partial charge in [0.15, 0.2) is 0 Å². The molecule has 0 aliphatic carbocycles. The maximum absolute atomic E-state index is 8.65. The normalized spacial score (nSPS) is 14.1. The number of hydrogen-bond donors (Lipinski definition) is 0. The molecule has 2 aromatic heterocycles. The molecule has 306 valence electrons. The van der Waals surface area contributed by atoms with Crippen molar-refractivity contribution >= 4 is 44.6 Å². The van der Waals surface area contributed by atoms with E-state index in [0.29, 0.717) is 29.5 Å². The molecule has 0 saturated heterocycles. The Morgan fingerprint density at radius 3 is 1.92 bits per heavy atom. The minimum absolute atomic E-state index is 0.0133. The standard InChI is InChI=1S/C57H52N4O/c1-38-29-55(58-36-50(38)40-19-12-9-13-20-40)61-51-28-25-41(39-17-10-8-11-18-39)30-49(51)48-27-26-47(35-54(48)61)62-46-22-16-21-44(34-46)59-37-60(53-24-15-14-23-52(53)59)45-32-42(56(2,3)4)31-43(33-45)57(5,6)7/h8-36H,37H2,1-7H3/i9D,12D,13D,19D,20D. The summed E-state index contributed by atoms with van der Waals surface area (Å²) in [5, 5.41) is 2.06. The summed E-state index contributed by atoms with van der Waals surface area (Å²) >= 11 is 0. The predicted octanol–water partition coefficient (Wildman–Crippen LogP) is 15.5. The summed E-state index contributed by atoms with van der Waals surface area (Å²) in [4.78, 5) is 9.68. The summed E-state index contributed by atoms with van der Waals surface area (Å²) in [6, 6.07) is 47.0. The first-order valence-electron chi connectivity index (χ1n) is 23.7. The molecule has 10 rings (SSSR count). The minimum atomic E-state index is -0.425. The third-order valence-electron chi connectivity index (χ3n) is 12.0. The number of aryl methyl sites for hydroxylation is 1. The lowest BCUT2D eigenvalue weighted by Gasteiger charge is -2.29. The maximum Gasteiger partial charge on any atom is 0.137 e. The molecule has 3 heterocycles. The number of para-hydroxylation sites is 2. The number of nitrogens with zero attached hydrogens (tertiary/aromatic N) is 4. The first-order chi connectivity index (χ1) is 32.0. The molecule has 7 aromatic carbocycles. The van der Waals surface area contributed by atoms with Gasteiger partial charge in [-0.3, -0.25) is 4.57 Å². The zero-order valence-electron chi connectivity index (χ0n) is 41.3. The molecule has 0 amide bonds. The Kier molecular flexibility index (Phi) is 8.18. The maximum atomic E-state index is 8.65. The van der Waals surface area contributed by atoms with Crippen LogP contribution in [0.15, 0.2) is 176 Å². The number of hydrogen-bond acceptors (Lipinski definition) is 4. The summed E-state index contributed by atoms with van der Waals surface area (Å²) < 4.78 is 50.9. The average Bonchev–Trinajstić information content (AvgIpc) is 3.86. The summed E-state index contributed by atoms with van der Waals surface area (Å²) in [6.07, 6.45) is 1.61. The fourth-order valence-electron chi connectivity index (χ4n) is 8.57. The van der Waals surface area contributed by atoms with Crippen molar-refractivity contribution in [3.05, 3.63) is 193 Å². The topological polar surface area (TPSA) is 33.5 Å². The third-order valence-corrected chi connectivity index (χ3v) is 12.0. The van der Waals surface area contributed by atoms with E-state index < -0.39 is 6.04 Å². The van der Waals surface area contributed by atoms with Crippen LogP contribution in [0.3, 0.4) is 0 Å². The molecule has 9 aromatic rings. The average molecular weight is 814 g/mol. The van der Waals surface area contributed by atoms with Crippen LogP contribution < -0.4 is 14.5 Å². The molecular formula is C57H52N4O. The number of fused-ring (bicyclic) bond motifs is 4. The number of rotatable bonds is 7. The second-order valence-corrected chi connectivity index (χ2v) is 18.3. The molecule has 1 aliphatic heterocycles. The zero-order chi connectivity index (χ0) is 47.1. The van der Waals surface area contributed by atoms with Crippen LogP contribution in [0.5, 0.6) is 11.5 Å². The third kappa shape index (κ3) is 7.17. The van der Waals surface area contributed by atoms with Crippen LogP contribution in [0.25, 0.3) is 49.9 Å². The van der Waals surface area contributed by atoms with Crippen molar-refractivity contribution in [3.8, 4) is 39.6 Å². The van der Waals surface area contributed by atoms with Crippen LogP contribution in [0.4, 0.5) is 22.7 Å². The molecule has 0 fully saturated rings. The van der Waals surface area contributed by atoms with Gasteiger partial charge < -0.3 is 14.5 Å². The largest absolute Gasteiger partial charge is 0.457 e. The summed E-state index contributed by atoms with van der Waals surface area (Å²) in [5.41, 5.74) is 12.4. The van der Waals surface area contributed by atoms with E-state index in [2.05, 4.69) is 147 Å². The second-order valence-electron chi connectivity index (χ2n) is 18.3. The molecule has 1 aliphatic rings. The molecule has 5 heteroatoms. The lowest BCUT2D eigenvalue weighted by molar-refractivity contribution is 0.483. The fourth-order valence-corrected chi connectivity index (χ4v) is 8.57. The van der Waals surface area contributed by atoms with Gasteiger partial charge in [-0.05, 0) is 118 Å². The van der Waals surface area contributed by atoms with Crippen LogP contribution in [0.1, 0.15) is 65.1 Å². The van der Waals surface area contributed by atoms with E-state index in [1.54, 1.807) is 6.20 Å². The molecule has 0 radical (unpaired) electrons. The molecule has 5 nitrogen and oxygen atoms in total. The van der Waals surface area contributed by atoms with E-state index in [-0.39, 0.29) is 40.6 Å². The lowest BCUT2D eigenvalue weighted by atomic mass is 9.80. The van der Waals surface area contributed by atoms with Gasteiger partial charge >= 0.3 is 0 Å². The van der Waals surface area contributed by atoms with Crippen molar-refractivity contribution < 1.29 is 11.6 Å². The molecule has 0 saturated carbocycles. The minimum Gasteiger partial charge on any atom is -0.457 e. The highest BCUT2D eigenvalue weighted by Crippen LogP contribution is 2.47.